The maximum atomic E-state index is 12.8. The normalized spacial score (nSPS) is 23.9. The van der Waals surface area contributed by atoms with Gasteiger partial charge in [0.05, 0.1) is 4.92 Å². The lowest BCUT2D eigenvalue weighted by Gasteiger charge is -2.38. The van der Waals surface area contributed by atoms with Crippen molar-refractivity contribution in [2.75, 3.05) is 13.1 Å². The first-order valence-electron chi connectivity index (χ1n) is 7.05. The van der Waals surface area contributed by atoms with Gasteiger partial charge < -0.3 is 4.90 Å². The number of nitrogens with zero attached hydrogens (tertiary/aromatic N) is 2. The van der Waals surface area contributed by atoms with Crippen molar-refractivity contribution in [2.24, 2.45) is 5.92 Å². The van der Waals surface area contributed by atoms with Crippen molar-refractivity contribution in [1.82, 2.24) is 4.90 Å². The van der Waals surface area contributed by atoms with Gasteiger partial charge in [-0.1, -0.05) is 12.6 Å². The molecule has 4 nitrogen and oxygen atoms in total. The largest absolute Gasteiger partial charge is 0.430 e. The number of rotatable bonds is 2. The molecule has 7 heteroatoms. The highest BCUT2D eigenvalue weighted by atomic mass is 19.4. The van der Waals surface area contributed by atoms with Crippen molar-refractivity contribution in [3.63, 3.8) is 0 Å². The molecule has 0 amide bonds. The summed E-state index contributed by atoms with van der Waals surface area (Å²) in [6.07, 6.45) is -3.07. The molecule has 2 unspecified atom stereocenters. The van der Waals surface area contributed by atoms with Gasteiger partial charge in [0, 0.05) is 31.1 Å². The number of nitro benzene ring substituents is 1. The van der Waals surface area contributed by atoms with E-state index in [0.717, 1.165) is 11.1 Å². The van der Waals surface area contributed by atoms with Crippen LogP contribution < -0.4 is 0 Å². The number of piperidine rings is 1. The second kappa shape index (κ2) is 5.00. The molecule has 0 aromatic heterocycles. The average Bonchev–Trinajstić information content (AvgIpc) is 2.82. The summed E-state index contributed by atoms with van der Waals surface area (Å²) in [5.41, 5.74) is 1.06. The molecule has 22 heavy (non-hydrogen) atoms. The Balaban J connectivity index is 1.84. The highest BCUT2D eigenvalue weighted by Crippen LogP contribution is 2.45. The fourth-order valence-electron chi connectivity index (χ4n) is 3.55. The second-order valence-corrected chi connectivity index (χ2v) is 5.89. The third kappa shape index (κ3) is 2.44. The molecule has 0 radical (unpaired) electrons. The molecule has 0 bridgehead atoms. The Kier molecular flexibility index (Phi) is 3.38. The molecule has 1 aromatic rings. The molecule has 118 valence electrons. The molecule has 2 atom stereocenters. The number of fused-ring (bicyclic) bond motifs is 3. The van der Waals surface area contributed by atoms with E-state index in [1.165, 1.54) is 11.0 Å². The Hall–Kier alpha value is -2.05. The van der Waals surface area contributed by atoms with Crippen molar-refractivity contribution in [2.45, 2.75) is 24.9 Å². The zero-order valence-electron chi connectivity index (χ0n) is 11.8. The minimum Gasteiger partial charge on any atom is -0.367 e. The highest BCUT2D eigenvalue weighted by molar-refractivity contribution is 5.45. The van der Waals surface area contributed by atoms with E-state index in [-0.39, 0.29) is 24.1 Å². The van der Waals surface area contributed by atoms with E-state index < -0.39 is 16.8 Å². The molecule has 1 fully saturated rings. The van der Waals surface area contributed by atoms with Gasteiger partial charge in [-0.15, -0.1) is 0 Å². The lowest BCUT2D eigenvalue weighted by molar-refractivity contribution is -0.384. The van der Waals surface area contributed by atoms with Crippen LogP contribution in [-0.4, -0.2) is 29.1 Å². The number of likely N-dealkylation sites (tertiary alicyclic amines) is 1. The van der Waals surface area contributed by atoms with Gasteiger partial charge in [-0.05, 0) is 29.9 Å². The predicted octanol–water partition coefficient (Wildman–Crippen LogP) is 3.63. The third-order valence-electron chi connectivity index (χ3n) is 4.68. The number of hydrogen-bond acceptors (Lipinski definition) is 3. The van der Waals surface area contributed by atoms with Crippen molar-refractivity contribution < 1.29 is 18.1 Å². The number of allylic oxidation sites excluding steroid dienone is 1. The number of non-ortho nitro benzene ring substituents is 1. The molecule has 3 rings (SSSR count). The summed E-state index contributed by atoms with van der Waals surface area (Å²) in [7, 11) is 0. The van der Waals surface area contributed by atoms with Crippen LogP contribution in [0.1, 0.15) is 23.5 Å². The summed E-state index contributed by atoms with van der Waals surface area (Å²) in [5.74, 6) is 0.248. The molecule has 2 aliphatic rings. The molecule has 1 aliphatic heterocycles. The Bertz CT molecular complexity index is 642. The van der Waals surface area contributed by atoms with E-state index >= 15 is 0 Å². The number of hydrogen-bond donors (Lipinski definition) is 0. The van der Waals surface area contributed by atoms with Gasteiger partial charge in [0.2, 0.25) is 0 Å². The predicted molar refractivity (Wildman–Crippen MR) is 74.4 cm³/mol. The van der Waals surface area contributed by atoms with Crippen LogP contribution in [0.2, 0.25) is 0 Å². The zero-order chi connectivity index (χ0) is 16.1. The SMILES string of the molecule is C=C(N1CCC2Cc3cc([N+](=O)[O-])ccc3C2C1)C(F)(F)F. The first kappa shape index (κ1) is 14.9. The maximum Gasteiger partial charge on any atom is 0.430 e. The van der Waals surface area contributed by atoms with Crippen molar-refractivity contribution in [3.8, 4) is 0 Å². The van der Waals surface area contributed by atoms with Gasteiger partial charge in [-0.3, -0.25) is 10.1 Å². The fourth-order valence-corrected chi connectivity index (χ4v) is 3.55. The molecule has 0 N–H and O–H groups in total. The molecular formula is C15H15F3N2O2. The fraction of sp³-hybridized carbons (Fsp3) is 0.467. The van der Waals surface area contributed by atoms with Gasteiger partial charge in [-0.25, -0.2) is 0 Å². The number of halogens is 3. The van der Waals surface area contributed by atoms with E-state index in [0.29, 0.717) is 19.4 Å². The monoisotopic (exact) mass is 312 g/mol. The smallest absolute Gasteiger partial charge is 0.367 e. The number of benzene rings is 1. The van der Waals surface area contributed by atoms with E-state index in [1.54, 1.807) is 12.1 Å². The Morgan fingerprint density at radius 1 is 1.41 bits per heavy atom. The maximum absolute atomic E-state index is 12.8. The highest BCUT2D eigenvalue weighted by Gasteiger charge is 2.42. The number of nitro groups is 1. The van der Waals surface area contributed by atoms with Crippen molar-refractivity contribution >= 4 is 5.69 Å². The van der Waals surface area contributed by atoms with E-state index in [9.17, 15) is 23.3 Å². The van der Waals surface area contributed by atoms with Crippen molar-refractivity contribution in [1.29, 1.82) is 0 Å². The van der Waals surface area contributed by atoms with E-state index in [4.69, 9.17) is 0 Å². The van der Waals surface area contributed by atoms with Gasteiger partial charge >= 0.3 is 6.18 Å². The van der Waals surface area contributed by atoms with Gasteiger partial charge in [-0.2, -0.15) is 13.2 Å². The summed E-state index contributed by atoms with van der Waals surface area (Å²) in [4.78, 5) is 11.7. The van der Waals surface area contributed by atoms with Crippen LogP contribution in [0.3, 0.4) is 0 Å². The lowest BCUT2D eigenvalue weighted by Crippen LogP contribution is -2.40. The van der Waals surface area contributed by atoms with E-state index in [2.05, 4.69) is 6.58 Å². The summed E-state index contributed by atoms with van der Waals surface area (Å²) in [5, 5.41) is 10.8. The molecule has 0 saturated carbocycles. The van der Waals surface area contributed by atoms with Gasteiger partial charge in [0.15, 0.2) is 0 Å². The molecular weight excluding hydrogens is 297 g/mol. The van der Waals surface area contributed by atoms with Crippen LogP contribution in [0.4, 0.5) is 18.9 Å². The van der Waals surface area contributed by atoms with Crippen LogP contribution in [0.15, 0.2) is 30.5 Å². The lowest BCUT2D eigenvalue weighted by atomic mass is 9.86. The van der Waals surface area contributed by atoms with Crippen LogP contribution in [0.25, 0.3) is 0 Å². The Morgan fingerprint density at radius 3 is 2.77 bits per heavy atom. The molecule has 1 saturated heterocycles. The van der Waals surface area contributed by atoms with Gasteiger partial charge in [0.1, 0.15) is 5.70 Å². The molecule has 0 spiro atoms. The summed E-state index contributed by atoms with van der Waals surface area (Å²) >= 11 is 0. The minimum atomic E-state index is -4.41. The standard InChI is InChI=1S/C15H15F3N2O2/c1-9(15(16,17)18)19-5-4-10-6-11-7-12(20(21)22)2-3-13(11)14(10)8-19/h2-3,7,10,14H,1,4-6,8H2. The van der Waals surface area contributed by atoms with E-state index in [1.807, 2.05) is 0 Å². The molecule has 1 aliphatic carbocycles. The van der Waals surface area contributed by atoms with Crippen LogP contribution >= 0.6 is 0 Å². The van der Waals surface area contributed by atoms with Crippen LogP contribution in [0, 0.1) is 16.0 Å². The summed E-state index contributed by atoms with van der Waals surface area (Å²) < 4.78 is 38.4. The average molecular weight is 312 g/mol. The minimum absolute atomic E-state index is 0.0105. The van der Waals surface area contributed by atoms with Crippen LogP contribution in [0.5, 0.6) is 0 Å². The third-order valence-corrected chi connectivity index (χ3v) is 4.68. The van der Waals surface area contributed by atoms with Crippen LogP contribution in [-0.2, 0) is 6.42 Å². The number of alkyl halides is 3. The quantitative estimate of drug-likeness (QED) is 0.619. The Morgan fingerprint density at radius 2 is 2.14 bits per heavy atom. The first-order chi connectivity index (χ1) is 10.3. The Labute approximate surface area is 125 Å². The first-order valence-corrected chi connectivity index (χ1v) is 7.05. The summed E-state index contributed by atoms with van der Waals surface area (Å²) in [6.45, 7) is 3.77. The molecule has 1 aromatic carbocycles. The topological polar surface area (TPSA) is 46.4 Å². The summed E-state index contributed by atoms with van der Waals surface area (Å²) in [6, 6.07) is 4.67. The van der Waals surface area contributed by atoms with Gasteiger partial charge in [0.25, 0.3) is 5.69 Å². The molecule has 1 heterocycles. The second-order valence-electron chi connectivity index (χ2n) is 5.89. The zero-order valence-corrected chi connectivity index (χ0v) is 11.8. The van der Waals surface area contributed by atoms with Crippen molar-refractivity contribution in [3.05, 3.63) is 51.7 Å².